The van der Waals surface area contributed by atoms with Gasteiger partial charge in [-0.15, -0.1) is 0 Å². The first-order chi connectivity index (χ1) is 5.36. The topological polar surface area (TPSA) is 8.81 Å². The van der Waals surface area contributed by atoms with Gasteiger partial charge in [0.2, 0.25) is 0 Å². The molecule has 2 nitrogen and oxygen atoms in total. The van der Waals surface area contributed by atoms with E-state index in [9.17, 15) is 0 Å². The van der Waals surface area contributed by atoms with Crippen molar-refractivity contribution in [3.05, 3.63) is 18.7 Å². The maximum absolute atomic E-state index is 2.14. The molecule has 0 N–H and O–H groups in total. The van der Waals surface area contributed by atoms with Crippen LogP contribution in [0.3, 0.4) is 0 Å². The average Bonchev–Trinajstić information content (AvgIpc) is 2.38. The Labute approximate surface area is 98.2 Å². The molecule has 1 heterocycles. The number of hydrogen-bond donors (Lipinski definition) is 0. The summed E-state index contributed by atoms with van der Waals surface area (Å²) < 4.78 is 4.15. The van der Waals surface area contributed by atoms with Crippen molar-refractivity contribution >= 4 is 14.8 Å². The Kier molecular flexibility index (Phi) is 7.01. The van der Waals surface area contributed by atoms with Gasteiger partial charge in [-0.05, 0) is 0 Å². The van der Waals surface area contributed by atoms with E-state index < -0.39 is 0 Å². The molecule has 0 saturated carbocycles. The second-order valence-electron chi connectivity index (χ2n) is 2.49. The second kappa shape index (κ2) is 6.81. The molecule has 0 aliphatic carbocycles. The van der Waals surface area contributed by atoms with Crippen molar-refractivity contribution < 1.29 is 34.0 Å². The van der Waals surface area contributed by atoms with Gasteiger partial charge in [0.1, 0.15) is 6.33 Å². The van der Waals surface area contributed by atoms with Gasteiger partial charge in [-0.25, -0.2) is 0 Å². The van der Waals surface area contributed by atoms with E-state index in [1.807, 2.05) is 0 Å². The zero-order valence-corrected chi connectivity index (χ0v) is 10.2. The van der Waals surface area contributed by atoms with Crippen molar-refractivity contribution in [3.63, 3.8) is 0 Å². The maximum Gasteiger partial charge on any atom is 1.00 e. The van der Waals surface area contributed by atoms with Crippen LogP contribution in [-0.4, -0.2) is 19.3 Å². The molecular formula is C7H13B2N2Na. The van der Waals surface area contributed by atoms with Gasteiger partial charge in [0.05, 0.1) is 12.4 Å². The number of nitrogens with zero attached hydrogens (tertiary/aromatic N) is 2. The van der Waals surface area contributed by atoms with Gasteiger partial charge in [0.25, 0.3) is 0 Å². The van der Waals surface area contributed by atoms with Gasteiger partial charge in [-0.1, -0.05) is 28.7 Å². The van der Waals surface area contributed by atoms with Crippen LogP contribution < -0.4 is 34.0 Å². The van der Waals surface area contributed by atoms with Crippen LogP contribution in [0.5, 0.6) is 0 Å². The quantitative estimate of drug-likeness (QED) is 0.445. The summed E-state index contributed by atoms with van der Waals surface area (Å²) in [6, 6.07) is 0. The predicted molar refractivity (Wildman–Crippen MR) is 47.9 cm³/mol. The smallest absolute Gasteiger partial charge is 0.500 e. The second-order valence-corrected chi connectivity index (χ2v) is 2.49. The van der Waals surface area contributed by atoms with Crippen LogP contribution in [0.15, 0.2) is 18.7 Å². The summed E-state index contributed by atoms with van der Waals surface area (Å²) in [5.74, 6) is 0. The summed E-state index contributed by atoms with van der Waals surface area (Å²) >= 11 is 0. The molecule has 0 fully saturated rings. The largest absolute Gasteiger partial charge is 1.00 e. The first-order valence-corrected chi connectivity index (χ1v) is 4.11. The minimum Gasteiger partial charge on any atom is -0.500 e. The van der Waals surface area contributed by atoms with Gasteiger partial charge in [0, 0.05) is 0 Å². The van der Waals surface area contributed by atoms with E-state index in [-0.39, 0.29) is 29.6 Å². The van der Waals surface area contributed by atoms with Gasteiger partial charge < -0.3 is 8.96 Å². The average molecular weight is 170 g/mol. The van der Waals surface area contributed by atoms with Crippen LogP contribution in [-0.2, 0) is 0 Å². The van der Waals surface area contributed by atoms with Crippen molar-refractivity contribution in [2.75, 3.05) is 0 Å². The summed E-state index contributed by atoms with van der Waals surface area (Å²) in [4.78, 5) is 0. The van der Waals surface area contributed by atoms with E-state index in [2.05, 4.69) is 56.4 Å². The van der Waals surface area contributed by atoms with Crippen molar-refractivity contribution in [1.29, 1.82) is 0 Å². The van der Waals surface area contributed by atoms with Crippen LogP contribution in [0.1, 0.15) is 13.8 Å². The van der Waals surface area contributed by atoms with Gasteiger partial charge >= 0.3 is 29.6 Å². The molecule has 0 saturated heterocycles. The van der Waals surface area contributed by atoms with E-state index in [4.69, 9.17) is 0 Å². The van der Waals surface area contributed by atoms with E-state index >= 15 is 0 Å². The van der Waals surface area contributed by atoms with Crippen LogP contribution in [0, 0.1) is 0 Å². The molecule has 1 rings (SSSR count). The zero-order chi connectivity index (χ0) is 8.10. The summed E-state index contributed by atoms with van der Waals surface area (Å²) in [5.41, 5.74) is 0. The van der Waals surface area contributed by atoms with Crippen molar-refractivity contribution in [2.45, 2.75) is 26.5 Å². The molecule has 4 radical (unpaired) electrons. The predicted octanol–water partition coefficient (Wildman–Crippen LogP) is -2.41. The Bertz CT molecular complexity index is 194. The molecule has 0 spiro atoms. The monoisotopic (exact) mass is 170 g/mol. The number of hydrogen-bond acceptors (Lipinski definition) is 0. The van der Waals surface area contributed by atoms with Crippen LogP contribution >= 0.6 is 0 Å². The Hall–Kier alpha value is 0.340. The Morgan fingerprint density at radius 3 is 2.67 bits per heavy atom. The number of rotatable bonds is 4. The SMILES string of the molecule is CC[B-]n1cc[n+]([B-]CC)c1.[Na+]. The first kappa shape index (κ1) is 12.3. The fraction of sp³-hybridized carbons (Fsp3) is 0.571. The third kappa shape index (κ3) is 3.83. The first-order valence-electron chi connectivity index (χ1n) is 4.11. The normalized spacial score (nSPS) is 9.50. The van der Waals surface area contributed by atoms with Gasteiger partial charge in [0.15, 0.2) is 0 Å². The van der Waals surface area contributed by atoms with Gasteiger partial charge in [-0.3, -0.25) is 0 Å². The third-order valence-corrected chi connectivity index (χ3v) is 1.46. The fourth-order valence-corrected chi connectivity index (χ4v) is 1.02. The molecule has 0 unspecified atom stereocenters. The molecule has 5 heteroatoms. The van der Waals surface area contributed by atoms with E-state index in [0.29, 0.717) is 0 Å². The minimum absolute atomic E-state index is 0. The van der Waals surface area contributed by atoms with E-state index in [0.717, 1.165) is 12.6 Å². The molecule has 58 valence electrons. The van der Waals surface area contributed by atoms with E-state index in [1.54, 1.807) is 0 Å². The van der Waals surface area contributed by atoms with Crippen LogP contribution in [0.4, 0.5) is 0 Å². The van der Waals surface area contributed by atoms with Crippen LogP contribution in [0.25, 0.3) is 0 Å². The molecule has 0 aliphatic rings. The molecule has 0 aromatic carbocycles. The Morgan fingerprint density at radius 1 is 1.33 bits per heavy atom. The molecule has 1 aromatic rings. The number of imidazole rings is 1. The zero-order valence-electron chi connectivity index (χ0n) is 8.20. The number of aromatic nitrogens is 2. The molecule has 0 aliphatic heterocycles. The molecule has 0 amide bonds. The Morgan fingerprint density at radius 2 is 2.08 bits per heavy atom. The summed E-state index contributed by atoms with van der Waals surface area (Å²) in [6.07, 6.45) is 8.31. The summed E-state index contributed by atoms with van der Waals surface area (Å²) in [7, 11) is 4.28. The molecule has 12 heavy (non-hydrogen) atoms. The molecule has 0 atom stereocenters. The van der Waals surface area contributed by atoms with Crippen molar-refractivity contribution in [1.82, 2.24) is 4.48 Å². The Balaban J connectivity index is 0.00000121. The molecular weight excluding hydrogens is 157 g/mol. The van der Waals surface area contributed by atoms with E-state index in [1.165, 1.54) is 0 Å². The maximum atomic E-state index is 2.14. The van der Waals surface area contributed by atoms with Crippen LogP contribution in [0.2, 0.25) is 12.6 Å². The third-order valence-electron chi connectivity index (χ3n) is 1.46. The molecule has 0 bridgehead atoms. The van der Waals surface area contributed by atoms with Gasteiger partial charge in [-0.2, -0.15) is 12.6 Å². The minimum atomic E-state index is 0. The van der Waals surface area contributed by atoms with Crippen molar-refractivity contribution in [2.24, 2.45) is 0 Å². The van der Waals surface area contributed by atoms with Crippen molar-refractivity contribution in [3.8, 4) is 0 Å². The molecule has 1 aromatic heterocycles. The summed E-state index contributed by atoms with van der Waals surface area (Å²) in [5, 5.41) is 0. The standard InChI is InChI=1S/C7H13B2N2.Na/c1-3-8-10-5-6-11(7-10)9-4-2;/h5-7H,3-4H2,1-2H3;/q-1;+1. The fourth-order valence-electron chi connectivity index (χ4n) is 1.02. The summed E-state index contributed by atoms with van der Waals surface area (Å²) in [6.45, 7) is 4.27.